The molecule has 2 amide bonds. The lowest BCUT2D eigenvalue weighted by Crippen LogP contribution is -2.43. The lowest BCUT2D eigenvalue weighted by molar-refractivity contribution is -0.121. The number of nitrogens with zero attached hydrogens (tertiary/aromatic N) is 3. The minimum Gasteiger partial charge on any atom is -0.457 e. The van der Waals surface area contributed by atoms with E-state index in [1.54, 1.807) is 17.3 Å². The maximum atomic E-state index is 13.3. The van der Waals surface area contributed by atoms with Crippen LogP contribution in [0.4, 0.5) is 5.69 Å². The lowest BCUT2D eigenvalue weighted by Gasteiger charge is -2.31. The molecule has 2 aromatic heterocycles. The van der Waals surface area contributed by atoms with E-state index in [-0.39, 0.29) is 17.7 Å². The van der Waals surface area contributed by atoms with Crippen molar-refractivity contribution in [3.63, 3.8) is 0 Å². The van der Waals surface area contributed by atoms with Crippen LogP contribution in [0.5, 0.6) is 11.5 Å². The third-order valence-corrected chi connectivity index (χ3v) is 7.27. The fourth-order valence-electron chi connectivity index (χ4n) is 4.20. The monoisotopic (exact) mass is 498 g/mol. The standard InChI is InChI=1S/C28H26N4O3S/c1-19-25(36-27(30-19)20-7-5-15-29-17-20)28(34)32-16-6-8-21(18-32)26(33)31-22-11-13-24(14-12-22)35-23-9-3-2-4-10-23/h2-5,7,9-15,17,21H,6,8,16,18H2,1H3,(H,31,33). The van der Waals surface area contributed by atoms with E-state index in [0.717, 1.165) is 29.2 Å². The van der Waals surface area contributed by atoms with Gasteiger partial charge in [0, 0.05) is 36.7 Å². The van der Waals surface area contributed by atoms with Crippen molar-refractivity contribution in [3.8, 4) is 22.1 Å². The molecule has 0 spiro atoms. The molecule has 0 saturated carbocycles. The van der Waals surface area contributed by atoms with Gasteiger partial charge in [-0.15, -0.1) is 11.3 Å². The SMILES string of the molecule is Cc1nc(-c2cccnc2)sc1C(=O)N1CCCC(C(=O)Nc2ccc(Oc3ccccc3)cc2)C1. The van der Waals surface area contributed by atoms with E-state index < -0.39 is 0 Å². The molecule has 4 aromatic rings. The summed E-state index contributed by atoms with van der Waals surface area (Å²) in [5, 5.41) is 3.76. The topological polar surface area (TPSA) is 84.4 Å². The van der Waals surface area contributed by atoms with Gasteiger partial charge in [-0.3, -0.25) is 14.6 Å². The highest BCUT2D eigenvalue weighted by Gasteiger charge is 2.31. The second-order valence-corrected chi connectivity index (χ2v) is 9.69. The van der Waals surface area contributed by atoms with Crippen molar-refractivity contribution in [1.82, 2.24) is 14.9 Å². The number of hydrogen-bond acceptors (Lipinski definition) is 6. The predicted octanol–water partition coefficient (Wildman–Crippen LogP) is 5.80. The second kappa shape index (κ2) is 10.7. The van der Waals surface area contributed by atoms with E-state index in [9.17, 15) is 9.59 Å². The highest BCUT2D eigenvalue weighted by Crippen LogP contribution is 2.30. The first kappa shape index (κ1) is 23.7. The van der Waals surface area contributed by atoms with Crippen LogP contribution in [0.15, 0.2) is 79.1 Å². The molecule has 1 aliphatic rings. The van der Waals surface area contributed by atoms with E-state index in [0.29, 0.717) is 35.1 Å². The number of para-hydroxylation sites is 1. The number of pyridine rings is 1. The molecule has 2 aromatic carbocycles. The van der Waals surface area contributed by atoms with Crippen LogP contribution in [0, 0.1) is 12.8 Å². The van der Waals surface area contributed by atoms with Gasteiger partial charge in [0.05, 0.1) is 11.6 Å². The molecule has 1 saturated heterocycles. The van der Waals surface area contributed by atoms with Crippen LogP contribution < -0.4 is 10.1 Å². The zero-order valence-electron chi connectivity index (χ0n) is 19.9. The number of nitrogens with one attached hydrogen (secondary N) is 1. The Morgan fingerprint density at radius 3 is 2.56 bits per heavy atom. The zero-order valence-corrected chi connectivity index (χ0v) is 20.7. The molecule has 7 nitrogen and oxygen atoms in total. The average Bonchev–Trinajstić information content (AvgIpc) is 3.32. The van der Waals surface area contributed by atoms with Crippen molar-refractivity contribution in [3.05, 3.63) is 89.7 Å². The summed E-state index contributed by atoms with van der Waals surface area (Å²) in [5.74, 6) is 1.03. The summed E-state index contributed by atoms with van der Waals surface area (Å²) in [5.41, 5.74) is 2.29. The van der Waals surface area contributed by atoms with Gasteiger partial charge in [0.1, 0.15) is 21.4 Å². The number of ether oxygens (including phenoxy) is 1. The molecule has 3 heterocycles. The number of carbonyl (C=O) groups excluding carboxylic acids is 2. The van der Waals surface area contributed by atoms with Gasteiger partial charge in [-0.05, 0) is 68.3 Å². The molecule has 0 aliphatic carbocycles. The molecule has 5 rings (SSSR count). The molecule has 1 aliphatic heterocycles. The Hall–Kier alpha value is -4.04. The summed E-state index contributed by atoms with van der Waals surface area (Å²) in [4.78, 5) is 37.4. The number of likely N-dealkylation sites (tertiary alicyclic amines) is 1. The Bertz CT molecular complexity index is 1340. The highest BCUT2D eigenvalue weighted by molar-refractivity contribution is 7.17. The number of anilines is 1. The van der Waals surface area contributed by atoms with Gasteiger partial charge in [0.25, 0.3) is 5.91 Å². The molecular formula is C28H26N4O3S. The third-order valence-electron chi connectivity index (χ3n) is 6.08. The summed E-state index contributed by atoms with van der Waals surface area (Å²) in [6.45, 7) is 2.87. The molecule has 0 radical (unpaired) electrons. The number of thiazole rings is 1. The Labute approximate surface area is 213 Å². The smallest absolute Gasteiger partial charge is 0.265 e. The molecule has 1 fully saturated rings. The predicted molar refractivity (Wildman–Crippen MR) is 140 cm³/mol. The first-order valence-electron chi connectivity index (χ1n) is 11.9. The molecule has 36 heavy (non-hydrogen) atoms. The first-order valence-corrected chi connectivity index (χ1v) is 12.7. The second-order valence-electron chi connectivity index (χ2n) is 8.69. The molecular weight excluding hydrogens is 472 g/mol. The summed E-state index contributed by atoms with van der Waals surface area (Å²) in [6.07, 6.45) is 4.98. The maximum Gasteiger partial charge on any atom is 0.265 e. The van der Waals surface area contributed by atoms with Crippen LogP contribution >= 0.6 is 11.3 Å². The van der Waals surface area contributed by atoms with Crippen molar-refractivity contribution in [2.24, 2.45) is 5.92 Å². The van der Waals surface area contributed by atoms with Crippen LogP contribution in [0.25, 0.3) is 10.6 Å². The van der Waals surface area contributed by atoms with Gasteiger partial charge in [-0.1, -0.05) is 18.2 Å². The van der Waals surface area contributed by atoms with Crippen LogP contribution in [-0.4, -0.2) is 39.8 Å². The first-order chi connectivity index (χ1) is 17.6. The highest BCUT2D eigenvalue weighted by atomic mass is 32.1. The van der Waals surface area contributed by atoms with Crippen molar-refractivity contribution < 1.29 is 14.3 Å². The van der Waals surface area contributed by atoms with Crippen LogP contribution in [0.2, 0.25) is 0 Å². The number of amides is 2. The van der Waals surface area contributed by atoms with Gasteiger partial charge < -0.3 is 15.0 Å². The van der Waals surface area contributed by atoms with Gasteiger partial charge in [-0.2, -0.15) is 0 Å². The summed E-state index contributed by atoms with van der Waals surface area (Å²) < 4.78 is 5.81. The molecule has 1 N–H and O–H groups in total. The number of aryl methyl sites for hydroxylation is 1. The number of benzene rings is 2. The number of aromatic nitrogens is 2. The fourth-order valence-corrected chi connectivity index (χ4v) is 5.23. The summed E-state index contributed by atoms with van der Waals surface area (Å²) in [6, 6.07) is 20.6. The van der Waals surface area contributed by atoms with Gasteiger partial charge >= 0.3 is 0 Å². The average molecular weight is 499 g/mol. The summed E-state index contributed by atoms with van der Waals surface area (Å²) >= 11 is 1.37. The Morgan fingerprint density at radius 1 is 1.03 bits per heavy atom. The zero-order chi connectivity index (χ0) is 24.9. The quantitative estimate of drug-likeness (QED) is 0.363. The van der Waals surface area contributed by atoms with E-state index in [1.165, 1.54) is 11.3 Å². The van der Waals surface area contributed by atoms with E-state index in [4.69, 9.17) is 4.74 Å². The van der Waals surface area contributed by atoms with Crippen LogP contribution in [0.1, 0.15) is 28.2 Å². The van der Waals surface area contributed by atoms with Gasteiger partial charge in [0.15, 0.2) is 0 Å². The summed E-state index contributed by atoms with van der Waals surface area (Å²) in [7, 11) is 0. The Kier molecular flexibility index (Phi) is 7.04. The minimum atomic E-state index is -0.269. The number of rotatable bonds is 6. The molecule has 1 unspecified atom stereocenters. The number of hydrogen-bond donors (Lipinski definition) is 1. The molecule has 0 bridgehead atoms. The normalized spacial score (nSPS) is 15.4. The Morgan fingerprint density at radius 2 is 1.81 bits per heavy atom. The van der Waals surface area contributed by atoms with Crippen molar-refractivity contribution in [2.45, 2.75) is 19.8 Å². The Balaban J connectivity index is 1.21. The van der Waals surface area contributed by atoms with Crippen LogP contribution in [0.3, 0.4) is 0 Å². The third kappa shape index (κ3) is 5.44. The van der Waals surface area contributed by atoms with Crippen LogP contribution in [-0.2, 0) is 4.79 Å². The number of carbonyl (C=O) groups is 2. The van der Waals surface area contributed by atoms with E-state index in [1.807, 2.05) is 73.7 Å². The maximum absolute atomic E-state index is 13.3. The van der Waals surface area contributed by atoms with Crippen molar-refractivity contribution >= 4 is 28.8 Å². The van der Waals surface area contributed by atoms with E-state index in [2.05, 4.69) is 15.3 Å². The molecule has 182 valence electrons. The molecule has 8 heteroatoms. The van der Waals surface area contributed by atoms with Gasteiger partial charge in [0.2, 0.25) is 5.91 Å². The van der Waals surface area contributed by atoms with Gasteiger partial charge in [-0.25, -0.2) is 4.98 Å². The molecule has 1 atom stereocenters. The van der Waals surface area contributed by atoms with Crippen molar-refractivity contribution in [1.29, 1.82) is 0 Å². The van der Waals surface area contributed by atoms with E-state index >= 15 is 0 Å². The minimum absolute atomic E-state index is 0.0694. The number of piperidine rings is 1. The largest absolute Gasteiger partial charge is 0.457 e. The van der Waals surface area contributed by atoms with Crippen molar-refractivity contribution in [2.75, 3.05) is 18.4 Å². The lowest BCUT2D eigenvalue weighted by atomic mass is 9.96. The fraction of sp³-hybridized carbons (Fsp3) is 0.214.